The van der Waals surface area contributed by atoms with Gasteiger partial charge in [0, 0.05) is 30.5 Å². The van der Waals surface area contributed by atoms with Crippen molar-refractivity contribution in [1.29, 1.82) is 0 Å². The lowest BCUT2D eigenvalue weighted by Gasteiger charge is -2.29. The molecule has 0 radical (unpaired) electrons. The standard InChI is InChI=1S/C23H26N4/c1-18-17-22(24-15-7-11-19-9-3-2-4-10-19)26-23(25-18)27-16-8-13-20-12-5-6-14-21(20)27/h2-6,9-10,12,14,17H,7-8,11,13,15-16H2,1H3,(H,24,25,26). The van der Waals surface area contributed by atoms with E-state index in [1.54, 1.807) is 0 Å². The number of aromatic nitrogens is 2. The van der Waals surface area contributed by atoms with Crippen molar-refractivity contribution in [3.05, 3.63) is 77.5 Å². The summed E-state index contributed by atoms with van der Waals surface area (Å²) in [6, 6.07) is 21.2. The average molecular weight is 358 g/mol. The largest absolute Gasteiger partial charge is 0.370 e. The lowest BCUT2D eigenvalue weighted by Crippen LogP contribution is -2.26. The first kappa shape index (κ1) is 17.5. The van der Waals surface area contributed by atoms with Crippen LogP contribution in [0.1, 0.15) is 29.7 Å². The third-order valence-corrected chi connectivity index (χ3v) is 4.99. The third kappa shape index (κ3) is 4.27. The summed E-state index contributed by atoms with van der Waals surface area (Å²) in [6.07, 6.45) is 4.41. The van der Waals surface area contributed by atoms with Gasteiger partial charge in [-0.25, -0.2) is 4.98 Å². The van der Waals surface area contributed by atoms with Crippen LogP contribution in [-0.4, -0.2) is 23.1 Å². The normalized spacial score (nSPS) is 13.3. The molecule has 1 aromatic heterocycles. The fourth-order valence-electron chi connectivity index (χ4n) is 3.66. The Morgan fingerprint density at radius 3 is 2.70 bits per heavy atom. The molecule has 3 aromatic rings. The zero-order chi connectivity index (χ0) is 18.5. The molecular formula is C23H26N4. The molecule has 4 rings (SSSR count). The van der Waals surface area contributed by atoms with Crippen molar-refractivity contribution >= 4 is 17.5 Å². The Kier molecular flexibility index (Phi) is 5.33. The highest BCUT2D eigenvalue weighted by Gasteiger charge is 2.20. The maximum absolute atomic E-state index is 4.80. The summed E-state index contributed by atoms with van der Waals surface area (Å²) in [7, 11) is 0. The molecule has 0 spiro atoms. The number of fused-ring (bicyclic) bond motifs is 1. The molecule has 0 atom stereocenters. The van der Waals surface area contributed by atoms with Crippen molar-refractivity contribution in [3.63, 3.8) is 0 Å². The number of aryl methyl sites for hydroxylation is 3. The van der Waals surface area contributed by atoms with Gasteiger partial charge in [0.15, 0.2) is 0 Å². The van der Waals surface area contributed by atoms with Crippen LogP contribution in [-0.2, 0) is 12.8 Å². The van der Waals surface area contributed by atoms with Crippen molar-refractivity contribution in [3.8, 4) is 0 Å². The quantitative estimate of drug-likeness (QED) is 0.636. The summed E-state index contributed by atoms with van der Waals surface area (Å²) in [4.78, 5) is 11.8. The molecule has 0 saturated heterocycles. The number of hydrogen-bond donors (Lipinski definition) is 1. The van der Waals surface area contributed by atoms with E-state index in [1.165, 1.54) is 16.8 Å². The zero-order valence-electron chi connectivity index (χ0n) is 15.9. The first-order valence-corrected chi connectivity index (χ1v) is 9.78. The number of nitrogens with one attached hydrogen (secondary N) is 1. The van der Waals surface area contributed by atoms with Gasteiger partial charge in [0.1, 0.15) is 5.82 Å². The van der Waals surface area contributed by atoms with Crippen molar-refractivity contribution in [2.75, 3.05) is 23.3 Å². The second-order valence-corrected chi connectivity index (χ2v) is 7.09. The molecule has 4 nitrogen and oxygen atoms in total. The molecule has 0 amide bonds. The molecule has 138 valence electrons. The predicted octanol–water partition coefficient (Wildman–Crippen LogP) is 4.91. The molecule has 0 unspecified atom stereocenters. The first-order valence-electron chi connectivity index (χ1n) is 9.78. The molecule has 4 heteroatoms. The first-order chi connectivity index (χ1) is 13.3. The second kappa shape index (κ2) is 8.21. The van der Waals surface area contributed by atoms with E-state index in [0.29, 0.717) is 0 Å². The van der Waals surface area contributed by atoms with Gasteiger partial charge in [-0.05, 0) is 49.8 Å². The molecule has 2 aromatic carbocycles. The van der Waals surface area contributed by atoms with E-state index < -0.39 is 0 Å². The second-order valence-electron chi connectivity index (χ2n) is 7.09. The summed E-state index contributed by atoms with van der Waals surface area (Å²) < 4.78 is 0. The minimum atomic E-state index is 0.799. The smallest absolute Gasteiger partial charge is 0.232 e. The van der Waals surface area contributed by atoms with Gasteiger partial charge in [-0.15, -0.1) is 0 Å². The average Bonchev–Trinajstić information content (AvgIpc) is 2.71. The van der Waals surface area contributed by atoms with Crippen LogP contribution in [0.15, 0.2) is 60.7 Å². The fourth-order valence-corrected chi connectivity index (χ4v) is 3.66. The lowest BCUT2D eigenvalue weighted by atomic mass is 10.0. The maximum atomic E-state index is 4.80. The highest BCUT2D eigenvalue weighted by atomic mass is 15.3. The predicted molar refractivity (Wildman–Crippen MR) is 112 cm³/mol. The van der Waals surface area contributed by atoms with Gasteiger partial charge in [0.2, 0.25) is 5.95 Å². The Morgan fingerprint density at radius 1 is 1.00 bits per heavy atom. The van der Waals surface area contributed by atoms with Gasteiger partial charge < -0.3 is 10.2 Å². The van der Waals surface area contributed by atoms with Crippen LogP contribution in [0.5, 0.6) is 0 Å². The number of benzene rings is 2. The molecule has 0 fully saturated rings. The topological polar surface area (TPSA) is 41.1 Å². The van der Waals surface area contributed by atoms with E-state index in [4.69, 9.17) is 9.97 Å². The van der Waals surface area contributed by atoms with Gasteiger partial charge in [-0.2, -0.15) is 4.98 Å². The molecule has 2 heterocycles. The molecule has 1 aliphatic rings. The Bertz CT molecular complexity index is 892. The van der Waals surface area contributed by atoms with Gasteiger partial charge in [-0.3, -0.25) is 0 Å². The minimum Gasteiger partial charge on any atom is -0.370 e. The van der Waals surface area contributed by atoms with Crippen LogP contribution in [0, 0.1) is 6.92 Å². The van der Waals surface area contributed by atoms with Crippen LogP contribution in [0.2, 0.25) is 0 Å². The summed E-state index contributed by atoms with van der Waals surface area (Å²) in [5.41, 5.74) is 4.99. The summed E-state index contributed by atoms with van der Waals surface area (Å²) in [6.45, 7) is 3.91. The Balaban J connectivity index is 1.44. The van der Waals surface area contributed by atoms with Crippen molar-refractivity contribution in [2.45, 2.75) is 32.6 Å². The van der Waals surface area contributed by atoms with E-state index in [9.17, 15) is 0 Å². The van der Waals surface area contributed by atoms with E-state index in [-0.39, 0.29) is 0 Å². The van der Waals surface area contributed by atoms with Crippen LogP contribution in [0.25, 0.3) is 0 Å². The monoisotopic (exact) mass is 358 g/mol. The summed E-state index contributed by atoms with van der Waals surface area (Å²) in [5, 5.41) is 3.48. The summed E-state index contributed by atoms with van der Waals surface area (Å²) >= 11 is 0. The number of anilines is 3. The van der Waals surface area contributed by atoms with Crippen LogP contribution in [0.4, 0.5) is 17.5 Å². The molecular weight excluding hydrogens is 332 g/mol. The summed E-state index contributed by atoms with van der Waals surface area (Å²) in [5.74, 6) is 1.71. The van der Waals surface area contributed by atoms with Crippen LogP contribution < -0.4 is 10.2 Å². The highest BCUT2D eigenvalue weighted by Crippen LogP contribution is 2.31. The van der Waals surface area contributed by atoms with Gasteiger partial charge in [0.05, 0.1) is 0 Å². The van der Waals surface area contributed by atoms with Gasteiger partial charge in [0.25, 0.3) is 0 Å². The Hall–Kier alpha value is -2.88. The fraction of sp³-hybridized carbons (Fsp3) is 0.304. The molecule has 0 bridgehead atoms. The van der Waals surface area contributed by atoms with E-state index >= 15 is 0 Å². The van der Waals surface area contributed by atoms with Gasteiger partial charge >= 0.3 is 0 Å². The Labute approximate surface area is 161 Å². The minimum absolute atomic E-state index is 0.799. The van der Waals surface area contributed by atoms with Gasteiger partial charge in [-0.1, -0.05) is 48.5 Å². The lowest BCUT2D eigenvalue weighted by molar-refractivity contribution is 0.748. The SMILES string of the molecule is Cc1cc(NCCCc2ccccc2)nc(N2CCCc3ccccc32)n1. The van der Waals surface area contributed by atoms with Crippen LogP contribution in [0.3, 0.4) is 0 Å². The number of nitrogens with zero attached hydrogens (tertiary/aromatic N) is 3. The van der Waals surface area contributed by atoms with Crippen LogP contribution >= 0.6 is 0 Å². The molecule has 0 aliphatic carbocycles. The Morgan fingerprint density at radius 2 is 1.81 bits per heavy atom. The third-order valence-electron chi connectivity index (χ3n) is 4.99. The van der Waals surface area contributed by atoms with Crippen molar-refractivity contribution < 1.29 is 0 Å². The van der Waals surface area contributed by atoms with E-state index in [2.05, 4.69) is 64.8 Å². The van der Waals surface area contributed by atoms with Crippen molar-refractivity contribution in [1.82, 2.24) is 9.97 Å². The molecule has 1 aliphatic heterocycles. The maximum Gasteiger partial charge on any atom is 0.232 e. The van der Waals surface area contributed by atoms with Crippen molar-refractivity contribution in [2.24, 2.45) is 0 Å². The molecule has 1 N–H and O–H groups in total. The zero-order valence-corrected chi connectivity index (χ0v) is 15.9. The number of para-hydroxylation sites is 1. The number of rotatable bonds is 6. The van der Waals surface area contributed by atoms with E-state index in [1.807, 2.05) is 13.0 Å². The molecule has 0 saturated carbocycles. The molecule has 27 heavy (non-hydrogen) atoms. The van der Waals surface area contributed by atoms with E-state index in [0.717, 1.165) is 56.2 Å². The number of hydrogen-bond acceptors (Lipinski definition) is 4. The highest BCUT2D eigenvalue weighted by molar-refractivity contribution is 5.64.